The molecule has 1 aromatic heterocycles. The number of ether oxygens (including phenoxy) is 1. The van der Waals surface area contributed by atoms with E-state index < -0.39 is 0 Å². The summed E-state index contributed by atoms with van der Waals surface area (Å²) in [6.07, 6.45) is 2.44. The van der Waals surface area contributed by atoms with Gasteiger partial charge in [-0.25, -0.2) is 4.98 Å². The molecule has 0 amide bonds. The summed E-state index contributed by atoms with van der Waals surface area (Å²) in [5.41, 5.74) is 8.11. The van der Waals surface area contributed by atoms with Crippen molar-refractivity contribution in [3.63, 3.8) is 0 Å². The molecule has 5 heteroatoms. The predicted octanol–water partition coefficient (Wildman–Crippen LogP) is 2.70. The molecule has 96 valence electrons. The minimum Gasteiger partial charge on any atom is -0.497 e. The van der Waals surface area contributed by atoms with Crippen LogP contribution in [-0.2, 0) is 0 Å². The first-order valence-corrected chi connectivity index (χ1v) is 7.34. The van der Waals surface area contributed by atoms with Crippen molar-refractivity contribution in [1.82, 2.24) is 9.55 Å². The van der Waals surface area contributed by atoms with Gasteiger partial charge in [-0.2, -0.15) is 11.8 Å². The first-order chi connectivity index (χ1) is 8.79. The summed E-state index contributed by atoms with van der Waals surface area (Å²) in [6, 6.07) is 6.44. The van der Waals surface area contributed by atoms with Crippen LogP contribution in [0.4, 0.5) is 5.95 Å². The van der Waals surface area contributed by atoms with Crippen molar-refractivity contribution < 1.29 is 4.74 Å². The Balaban J connectivity index is 2.07. The Hall–Kier alpha value is -1.36. The molecular formula is C13H17N3OS. The van der Waals surface area contributed by atoms with E-state index in [9.17, 15) is 0 Å². The molecule has 1 atom stereocenters. The molecule has 0 aliphatic carbocycles. The van der Waals surface area contributed by atoms with Gasteiger partial charge in [0.25, 0.3) is 0 Å². The topological polar surface area (TPSA) is 53.1 Å². The van der Waals surface area contributed by atoms with E-state index in [4.69, 9.17) is 10.5 Å². The van der Waals surface area contributed by atoms with Gasteiger partial charge in [-0.15, -0.1) is 0 Å². The van der Waals surface area contributed by atoms with Crippen molar-refractivity contribution in [3.05, 3.63) is 18.2 Å². The molecule has 2 aromatic rings. The van der Waals surface area contributed by atoms with E-state index in [-0.39, 0.29) is 0 Å². The highest BCUT2D eigenvalue weighted by Gasteiger charge is 2.20. The van der Waals surface area contributed by atoms with E-state index in [1.807, 2.05) is 23.9 Å². The van der Waals surface area contributed by atoms with Crippen molar-refractivity contribution in [2.24, 2.45) is 0 Å². The third kappa shape index (κ3) is 1.92. The first-order valence-electron chi connectivity index (χ1n) is 6.19. The van der Waals surface area contributed by atoms with E-state index in [1.165, 1.54) is 18.6 Å². The number of imidazole rings is 1. The molecule has 18 heavy (non-hydrogen) atoms. The van der Waals surface area contributed by atoms with Gasteiger partial charge in [0.1, 0.15) is 5.75 Å². The maximum absolute atomic E-state index is 6.08. The lowest BCUT2D eigenvalue weighted by Gasteiger charge is -2.24. The van der Waals surface area contributed by atoms with E-state index >= 15 is 0 Å². The number of anilines is 1. The predicted molar refractivity (Wildman–Crippen MR) is 76.3 cm³/mol. The summed E-state index contributed by atoms with van der Waals surface area (Å²) in [6.45, 7) is 0. The molecule has 0 spiro atoms. The van der Waals surface area contributed by atoms with Crippen LogP contribution in [0.5, 0.6) is 5.75 Å². The van der Waals surface area contributed by atoms with Crippen molar-refractivity contribution in [1.29, 1.82) is 0 Å². The number of nitrogen functional groups attached to an aromatic ring is 1. The van der Waals surface area contributed by atoms with E-state index in [0.29, 0.717) is 12.0 Å². The molecular weight excluding hydrogens is 246 g/mol. The van der Waals surface area contributed by atoms with Gasteiger partial charge >= 0.3 is 0 Å². The van der Waals surface area contributed by atoms with Crippen LogP contribution in [0.15, 0.2) is 18.2 Å². The lowest BCUT2D eigenvalue weighted by atomic mass is 10.1. The zero-order valence-corrected chi connectivity index (χ0v) is 11.2. The summed E-state index contributed by atoms with van der Waals surface area (Å²) in [4.78, 5) is 4.45. The molecule has 2 heterocycles. The van der Waals surface area contributed by atoms with Crippen LogP contribution in [0, 0.1) is 0 Å². The van der Waals surface area contributed by atoms with Crippen LogP contribution >= 0.6 is 11.8 Å². The van der Waals surface area contributed by atoms with Crippen molar-refractivity contribution in [2.75, 3.05) is 24.3 Å². The minimum atomic E-state index is 0.474. The fourth-order valence-corrected chi connectivity index (χ4v) is 3.66. The summed E-state index contributed by atoms with van der Waals surface area (Å²) in [5, 5.41) is 0. The van der Waals surface area contributed by atoms with E-state index in [2.05, 4.69) is 15.6 Å². The van der Waals surface area contributed by atoms with Crippen molar-refractivity contribution >= 4 is 28.7 Å². The Morgan fingerprint density at radius 3 is 3.11 bits per heavy atom. The second-order valence-electron chi connectivity index (χ2n) is 4.57. The van der Waals surface area contributed by atoms with Gasteiger partial charge in [-0.1, -0.05) is 0 Å². The molecule has 0 saturated carbocycles. The molecule has 0 bridgehead atoms. The van der Waals surface area contributed by atoms with Crippen molar-refractivity contribution in [3.8, 4) is 5.75 Å². The van der Waals surface area contributed by atoms with Gasteiger partial charge < -0.3 is 15.0 Å². The maximum Gasteiger partial charge on any atom is 0.201 e. The number of nitrogens with two attached hydrogens (primary N) is 1. The smallest absolute Gasteiger partial charge is 0.201 e. The number of aromatic nitrogens is 2. The fourth-order valence-electron chi connectivity index (χ4n) is 2.54. The second kappa shape index (κ2) is 4.72. The fraction of sp³-hybridized carbons (Fsp3) is 0.462. The number of methoxy groups -OCH3 is 1. The van der Waals surface area contributed by atoms with Crippen LogP contribution in [0.3, 0.4) is 0 Å². The Kier molecular flexibility index (Phi) is 3.07. The highest BCUT2D eigenvalue weighted by atomic mass is 32.2. The number of benzene rings is 1. The number of hydrogen-bond acceptors (Lipinski definition) is 4. The Labute approximate surface area is 111 Å². The maximum atomic E-state index is 6.08. The van der Waals surface area contributed by atoms with Crippen LogP contribution in [0.2, 0.25) is 0 Å². The zero-order valence-electron chi connectivity index (χ0n) is 10.4. The highest BCUT2D eigenvalue weighted by molar-refractivity contribution is 7.99. The first kappa shape index (κ1) is 11.7. The highest BCUT2D eigenvalue weighted by Crippen LogP contribution is 2.33. The second-order valence-corrected chi connectivity index (χ2v) is 5.72. The molecule has 1 aromatic carbocycles. The largest absolute Gasteiger partial charge is 0.497 e. The van der Waals surface area contributed by atoms with Crippen LogP contribution in [0.1, 0.15) is 18.9 Å². The minimum absolute atomic E-state index is 0.474. The third-order valence-electron chi connectivity index (χ3n) is 3.43. The van der Waals surface area contributed by atoms with E-state index in [1.54, 1.807) is 7.11 Å². The summed E-state index contributed by atoms with van der Waals surface area (Å²) >= 11 is 2.00. The number of thioether (sulfide) groups is 1. The average Bonchev–Trinajstić information content (AvgIpc) is 2.74. The summed E-state index contributed by atoms with van der Waals surface area (Å²) < 4.78 is 7.40. The van der Waals surface area contributed by atoms with Gasteiger partial charge in [-0.3, -0.25) is 0 Å². The number of nitrogens with zero attached hydrogens (tertiary/aromatic N) is 2. The molecule has 0 radical (unpaired) electrons. The molecule has 1 saturated heterocycles. The molecule has 1 aliphatic heterocycles. The van der Waals surface area contributed by atoms with Gasteiger partial charge in [0, 0.05) is 17.9 Å². The van der Waals surface area contributed by atoms with Gasteiger partial charge in [0.15, 0.2) is 0 Å². The van der Waals surface area contributed by atoms with Crippen LogP contribution in [0.25, 0.3) is 11.0 Å². The van der Waals surface area contributed by atoms with Crippen LogP contribution in [-0.4, -0.2) is 28.2 Å². The average molecular weight is 263 g/mol. The van der Waals surface area contributed by atoms with E-state index in [0.717, 1.165) is 22.5 Å². The standard InChI is InChI=1S/C13H17N3OS/c1-17-10-4-5-12-11(7-10)15-13(14)16(12)9-3-2-6-18-8-9/h4-5,7,9H,2-3,6,8H2,1H3,(H2,14,15). The Morgan fingerprint density at radius 1 is 1.50 bits per heavy atom. The third-order valence-corrected chi connectivity index (χ3v) is 4.62. The summed E-state index contributed by atoms with van der Waals surface area (Å²) in [7, 11) is 1.67. The monoisotopic (exact) mass is 263 g/mol. The molecule has 1 fully saturated rings. The number of rotatable bonds is 2. The van der Waals surface area contributed by atoms with Gasteiger partial charge in [0.2, 0.25) is 5.95 Å². The quantitative estimate of drug-likeness (QED) is 0.905. The number of fused-ring (bicyclic) bond motifs is 1. The molecule has 3 rings (SSSR count). The number of hydrogen-bond donors (Lipinski definition) is 1. The SMILES string of the molecule is COc1ccc2c(c1)nc(N)n2C1CCCSC1. The molecule has 2 N–H and O–H groups in total. The van der Waals surface area contributed by atoms with Gasteiger partial charge in [-0.05, 0) is 30.7 Å². The zero-order chi connectivity index (χ0) is 12.5. The Bertz CT molecular complexity index is 561. The lowest BCUT2D eigenvalue weighted by molar-refractivity contribution is 0.415. The molecule has 1 aliphatic rings. The summed E-state index contributed by atoms with van der Waals surface area (Å²) in [5.74, 6) is 3.83. The Morgan fingerprint density at radius 2 is 2.39 bits per heavy atom. The van der Waals surface area contributed by atoms with Crippen LogP contribution < -0.4 is 10.5 Å². The van der Waals surface area contributed by atoms with Gasteiger partial charge in [0.05, 0.1) is 18.1 Å². The molecule has 1 unspecified atom stereocenters. The molecule has 4 nitrogen and oxygen atoms in total. The normalized spacial score (nSPS) is 20.2. The van der Waals surface area contributed by atoms with Crippen molar-refractivity contribution in [2.45, 2.75) is 18.9 Å². The lowest BCUT2D eigenvalue weighted by Crippen LogP contribution is -2.17.